The lowest BCUT2D eigenvalue weighted by Gasteiger charge is -2.28. The molecule has 1 aliphatic rings. The van der Waals surface area contributed by atoms with Crippen molar-refractivity contribution in [1.29, 1.82) is 0 Å². The predicted octanol–water partition coefficient (Wildman–Crippen LogP) is 3.47. The SMILES string of the molecule is CN(C)CCOc1ccc(NC(=O)C2(c3ccccc3)CCCC2)cn1. The molecule has 1 aromatic heterocycles. The highest BCUT2D eigenvalue weighted by atomic mass is 16.5. The minimum absolute atomic E-state index is 0.0595. The predicted molar refractivity (Wildman–Crippen MR) is 104 cm³/mol. The number of likely N-dealkylation sites (N-methyl/N-ethyl adjacent to an activating group) is 1. The fourth-order valence-electron chi connectivity index (χ4n) is 3.51. The molecular weight excluding hydrogens is 326 g/mol. The highest BCUT2D eigenvalue weighted by Crippen LogP contribution is 2.42. The van der Waals surface area contributed by atoms with Crippen LogP contribution in [0.3, 0.4) is 0 Å². The van der Waals surface area contributed by atoms with Gasteiger partial charge in [0, 0.05) is 12.6 Å². The maximum atomic E-state index is 13.1. The van der Waals surface area contributed by atoms with Gasteiger partial charge >= 0.3 is 0 Å². The van der Waals surface area contributed by atoms with Crippen molar-refractivity contribution in [3.05, 3.63) is 54.2 Å². The van der Waals surface area contributed by atoms with Crippen molar-refractivity contribution in [2.24, 2.45) is 0 Å². The molecule has 26 heavy (non-hydrogen) atoms. The molecule has 0 bridgehead atoms. The number of carbonyl (C=O) groups excluding carboxylic acids is 1. The standard InChI is InChI=1S/C21H27N3O2/c1-24(2)14-15-26-19-11-10-18(16-22-19)23-20(25)21(12-6-7-13-21)17-8-4-3-5-9-17/h3-5,8-11,16H,6-7,12-15H2,1-2H3,(H,23,25). The van der Waals surface area contributed by atoms with E-state index in [2.05, 4.69) is 27.3 Å². The largest absolute Gasteiger partial charge is 0.476 e. The zero-order valence-corrected chi connectivity index (χ0v) is 15.6. The molecule has 1 amide bonds. The first kappa shape index (κ1) is 18.4. The van der Waals surface area contributed by atoms with Crippen LogP contribution in [0.4, 0.5) is 5.69 Å². The summed E-state index contributed by atoms with van der Waals surface area (Å²) in [5, 5.41) is 3.06. The number of hydrogen-bond donors (Lipinski definition) is 1. The van der Waals surface area contributed by atoms with Crippen LogP contribution in [0.1, 0.15) is 31.2 Å². The Morgan fingerprint density at radius 3 is 2.50 bits per heavy atom. The van der Waals surface area contributed by atoms with Crippen molar-refractivity contribution in [2.75, 3.05) is 32.6 Å². The summed E-state index contributed by atoms with van der Waals surface area (Å²) in [6, 6.07) is 13.8. The van der Waals surface area contributed by atoms with E-state index in [0.717, 1.165) is 37.8 Å². The first-order valence-corrected chi connectivity index (χ1v) is 9.21. The lowest BCUT2D eigenvalue weighted by molar-refractivity contribution is -0.121. The third-order valence-corrected chi connectivity index (χ3v) is 5.00. The molecule has 1 fully saturated rings. The highest BCUT2D eigenvalue weighted by Gasteiger charge is 2.42. The van der Waals surface area contributed by atoms with E-state index >= 15 is 0 Å². The number of pyridine rings is 1. The molecule has 5 nitrogen and oxygen atoms in total. The molecule has 1 heterocycles. The average Bonchev–Trinajstić information content (AvgIpc) is 3.15. The van der Waals surface area contributed by atoms with Gasteiger partial charge in [-0.3, -0.25) is 4.79 Å². The molecule has 0 radical (unpaired) electrons. The molecule has 1 aromatic carbocycles. The van der Waals surface area contributed by atoms with E-state index < -0.39 is 5.41 Å². The Bertz CT molecular complexity index is 708. The van der Waals surface area contributed by atoms with Gasteiger partial charge in [0.25, 0.3) is 0 Å². The van der Waals surface area contributed by atoms with Crippen LogP contribution in [-0.2, 0) is 10.2 Å². The lowest BCUT2D eigenvalue weighted by atomic mass is 9.78. The third-order valence-electron chi connectivity index (χ3n) is 5.00. The number of rotatable bonds is 7. The second-order valence-electron chi connectivity index (χ2n) is 7.15. The zero-order chi connectivity index (χ0) is 18.4. The molecular formula is C21H27N3O2. The van der Waals surface area contributed by atoms with Crippen LogP contribution in [0, 0.1) is 0 Å². The van der Waals surface area contributed by atoms with Crippen LogP contribution in [-0.4, -0.2) is 43.0 Å². The molecule has 138 valence electrons. The summed E-state index contributed by atoms with van der Waals surface area (Å²) in [5.41, 5.74) is 1.38. The summed E-state index contributed by atoms with van der Waals surface area (Å²) in [5.74, 6) is 0.632. The van der Waals surface area contributed by atoms with E-state index in [-0.39, 0.29) is 5.91 Å². The van der Waals surface area contributed by atoms with Crippen LogP contribution in [0.15, 0.2) is 48.7 Å². The smallest absolute Gasteiger partial charge is 0.235 e. The number of carbonyl (C=O) groups is 1. The Labute approximate surface area is 155 Å². The normalized spacial score (nSPS) is 15.8. The fourth-order valence-corrected chi connectivity index (χ4v) is 3.51. The van der Waals surface area contributed by atoms with Gasteiger partial charge in [-0.05, 0) is 38.6 Å². The first-order chi connectivity index (χ1) is 12.6. The molecule has 1 aliphatic carbocycles. The first-order valence-electron chi connectivity index (χ1n) is 9.21. The Morgan fingerprint density at radius 2 is 1.88 bits per heavy atom. The van der Waals surface area contributed by atoms with Crippen LogP contribution in [0.25, 0.3) is 0 Å². The van der Waals surface area contributed by atoms with Gasteiger partial charge in [-0.2, -0.15) is 0 Å². The number of nitrogens with one attached hydrogen (secondary N) is 1. The molecule has 5 heteroatoms. The highest BCUT2D eigenvalue weighted by molar-refractivity contribution is 5.99. The Hall–Kier alpha value is -2.40. The minimum Gasteiger partial charge on any atom is -0.476 e. The fraction of sp³-hybridized carbons (Fsp3) is 0.429. The quantitative estimate of drug-likeness (QED) is 0.828. The number of anilines is 1. The molecule has 2 aromatic rings. The number of aromatic nitrogens is 1. The summed E-state index contributed by atoms with van der Waals surface area (Å²) in [6.07, 6.45) is 5.61. The average molecular weight is 353 g/mol. The van der Waals surface area contributed by atoms with Gasteiger partial charge in [0.15, 0.2) is 0 Å². The van der Waals surface area contributed by atoms with Crippen molar-refractivity contribution in [1.82, 2.24) is 9.88 Å². The topological polar surface area (TPSA) is 54.5 Å². The molecule has 3 rings (SSSR count). The molecule has 1 N–H and O–H groups in total. The van der Waals surface area contributed by atoms with Crippen LogP contribution in [0.5, 0.6) is 5.88 Å². The summed E-state index contributed by atoms with van der Waals surface area (Å²) in [6.45, 7) is 1.42. The van der Waals surface area contributed by atoms with Crippen molar-refractivity contribution in [2.45, 2.75) is 31.1 Å². The number of nitrogens with zero attached hydrogens (tertiary/aromatic N) is 2. The van der Waals surface area contributed by atoms with E-state index in [1.54, 1.807) is 12.3 Å². The summed E-state index contributed by atoms with van der Waals surface area (Å²) >= 11 is 0. The van der Waals surface area contributed by atoms with Gasteiger partial charge in [0.1, 0.15) is 6.61 Å². The van der Waals surface area contributed by atoms with Crippen LogP contribution < -0.4 is 10.1 Å². The van der Waals surface area contributed by atoms with Crippen LogP contribution in [0.2, 0.25) is 0 Å². The van der Waals surface area contributed by atoms with Crippen molar-refractivity contribution < 1.29 is 9.53 Å². The third kappa shape index (κ3) is 4.22. The summed E-state index contributed by atoms with van der Waals surface area (Å²) in [4.78, 5) is 19.4. The lowest BCUT2D eigenvalue weighted by Crippen LogP contribution is -2.37. The van der Waals surface area contributed by atoms with Gasteiger partial charge in [-0.1, -0.05) is 43.2 Å². The van der Waals surface area contributed by atoms with Gasteiger partial charge in [-0.25, -0.2) is 4.98 Å². The maximum Gasteiger partial charge on any atom is 0.235 e. The Morgan fingerprint density at radius 1 is 1.15 bits per heavy atom. The van der Waals surface area contributed by atoms with E-state index in [1.165, 1.54) is 0 Å². The molecule has 0 spiro atoms. The van der Waals surface area contributed by atoms with Gasteiger partial charge < -0.3 is 15.0 Å². The molecule has 0 atom stereocenters. The van der Waals surface area contributed by atoms with Crippen LogP contribution >= 0.6 is 0 Å². The van der Waals surface area contributed by atoms with Crippen molar-refractivity contribution in [3.63, 3.8) is 0 Å². The van der Waals surface area contributed by atoms with Crippen molar-refractivity contribution in [3.8, 4) is 5.88 Å². The number of hydrogen-bond acceptors (Lipinski definition) is 4. The minimum atomic E-state index is -0.428. The van der Waals surface area contributed by atoms with Gasteiger partial charge in [-0.15, -0.1) is 0 Å². The number of amides is 1. The number of benzene rings is 1. The summed E-state index contributed by atoms with van der Waals surface area (Å²) in [7, 11) is 4.00. The van der Waals surface area contributed by atoms with E-state index in [9.17, 15) is 4.79 Å². The van der Waals surface area contributed by atoms with E-state index in [1.807, 2.05) is 38.4 Å². The summed E-state index contributed by atoms with van der Waals surface area (Å²) < 4.78 is 5.60. The van der Waals surface area contributed by atoms with E-state index in [4.69, 9.17) is 4.74 Å². The van der Waals surface area contributed by atoms with E-state index in [0.29, 0.717) is 18.2 Å². The maximum absolute atomic E-state index is 13.1. The Kier molecular flexibility index (Phi) is 5.89. The van der Waals surface area contributed by atoms with Crippen molar-refractivity contribution >= 4 is 11.6 Å². The second-order valence-corrected chi connectivity index (χ2v) is 7.15. The molecule has 0 unspecified atom stereocenters. The monoisotopic (exact) mass is 353 g/mol. The van der Waals surface area contributed by atoms with Gasteiger partial charge in [0.2, 0.25) is 11.8 Å². The molecule has 1 saturated carbocycles. The molecule has 0 saturated heterocycles. The zero-order valence-electron chi connectivity index (χ0n) is 15.6. The number of ether oxygens (including phenoxy) is 1. The second kappa shape index (κ2) is 8.32. The van der Waals surface area contributed by atoms with Gasteiger partial charge in [0.05, 0.1) is 17.3 Å². The molecule has 0 aliphatic heterocycles. The Balaban J connectivity index is 1.67.